The number of nitrogens with zero attached hydrogens (tertiary/aromatic N) is 5. The fourth-order valence-electron chi connectivity index (χ4n) is 2.13. The molecule has 98 valence electrons. The summed E-state index contributed by atoms with van der Waals surface area (Å²) in [6.45, 7) is 2.34. The van der Waals surface area contributed by atoms with Crippen molar-refractivity contribution in [2.75, 3.05) is 5.73 Å². The second kappa shape index (κ2) is 4.63. The highest BCUT2D eigenvalue weighted by Gasteiger charge is 2.10. The van der Waals surface area contributed by atoms with Crippen LogP contribution in [0.15, 0.2) is 30.5 Å². The zero-order valence-electron chi connectivity index (χ0n) is 10.9. The Bertz CT molecular complexity index is 827. The number of aromatic nitrogens is 4. The molecule has 2 aromatic heterocycles. The summed E-state index contributed by atoms with van der Waals surface area (Å²) in [5, 5.41) is 8.99. The Kier molecular flexibility index (Phi) is 2.80. The van der Waals surface area contributed by atoms with Gasteiger partial charge in [0.1, 0.15) is 5.82 Å². The molecule has 0 saturated carbocycles. The Hall–Kier alpha value is -2.94. The van der Waals surface area contributed by atoms with Crippen molar-refractivity contribution in [3.8, 4) is 6.07 Å². The molecule has 0 aliphatic carbocycles. The van der Waals surface area contributed by atoms with Crippen LogP contribution in [-0.4, -0.2) is 19.5 Å². The maximum absolute atomic E-state index is 8.99. The van der Waals surface area contributed by atoms with Crippen molar-refractivity contribution < 1.29 is 0 Å². The predicted molar refractivity (Wildman–Crippen MR) is 74.7 cm³/mol. The standard InChI is InChI=1S/C14H12N6/c1-9-17-5-4-11(18-9)8-20-13-6-10(7-15)2-3-12(13)19-14(20)16/h2-6H,8H2,1H3,(H2,16,19). The van der Waals surface area contributed by atoms with Crippen LogP contribution in [0.25, 0.3) is 11.0 Å². The van der Waals surface area contributed by atoms with E-state index in [4.69, 9.17) is 11.0 Å². The fraction of sp³-hybridized carbons (Fsp3) is 0.143. The molecule has 2 heterocycles. The summed E-state index contributed by atoms with van der Waals surface area (Å²) in [6.07, 6.45) is 1.72. The molecule has 0 atom stereocenters. The van der Waals surface area contributed by atoms with Gasteiger partial charge in [-0.2, -0.15) is 5.26 Å². The summed E-state index contributed by atoms with van der Waals surface area (Å²) in [5.74, 6) is 1.12. The molecule has 0 fully saturated rings. The first kappa shape index (κ1) is 12.1. The lowest BCUT2D eigenvalue weighted by Crippen LogP contribution is -2.07. The lowest BCUT2D eigenvalue weighted by molar-refractivity contribution is 0.794. The molecule has 0 amide bonds. The molecule has 0 radical (unpaired) electrons. The van der Waals surface area contributed by atoms with Crippen molar-refractivity contribution in [2.45, 2.75) is 13.5 Å². The number of hydrogen-bond donors (Lipinski definition) is 1. The summed E-state index contributed by atoms with van der Waals surface area (Å²) in [4.78, 5) is 12.7. The van der Waals surface area contributed by atoms with E-state index >= 15 is 0 Å². The number of benzene rings is 1. The average molecular weight is 264 g/mol. The third-order valence-electron chi connectivity index (χ3n) is 3.06. The van der Waals surface area contributed by atoms with Crippen molar-refractivity contribution in [3.63, 3.8) is 0 Å². The average Bonchev–Trinajstić information content (AvgIpc) is 2.74. The molecule has 0 aliphatic heterocycles. The van der Waals surface area contributed by atoms with Crippen molar-refractivity contribution in [2.24, 2.45) is 0 Å². The molecule has 0 bridgehead atoms. The Labute approximate surface area is 115 Å². The minimum absolute atomic E-state index is 0.409. The Balaban J connectivity index is 2.11. The number of nitrogens with two attached hydrogens (primary N) is 1. The van der Waals surface area contributed by atoms with Crippen LogP contribution in [0.2, 0.25) is 0 Å². The van der Waals surface area contributed by atoms with Gasteiger partial charge in [0.25, 0.3) is 0 Å². The van der Waals surface area contributed by atoms with Crippen molar-refractivity contribution in [1.82, 2.24) is 19.5 Å². The second-order valence-electron chi connectivity index (χ2n) is 4.47. The van der Waals surface area contributed by atoms with Gasteiger partial charge in [0, 0.05) is 6.20 Å². The molecule has 1 aromatic carbocycles. The van der Waals surface area contributed by atoms with E-state index in [1.165, 1.54) is 0 Å². The van der Waals surface area contributed by atoms with E-state index in [9.17, 15) is 0 Å². The zero-order valence-corrected chi connectivity index (χ0v) is 10.9. The van der Waals surface area contributed by atoms with Gasteiger partial charge in [0.2, 0.25) is 5.95 Å². The molecule has 6 heteroatoms. The number of hydrogen-bond acceptors (Lipinski definition) is 5. The lowest BCUT2D eigenvalue weighted by Gasteiger charge is -2.06. The Morgan fingerprint density at radius 3 is 2.90 bits per heavy atom. The largest absolute Gasteiger partial charge is 0.369 e. The second-order valence-corrected chi connectivity index (χ2v) is 4.47. The molecule has 3 rings (SSSR count). The third-order valence-corrected chi connectivity index (χ3v) is 3.06. The van der Waals surface area contributed by atoms with Gasteiger partial charge in [-0.15, -0.1) is 0 Å². The maximum Gasteiger partial charge on any atom is 0.201 e. The van der Waals surface area contributed by atoms with Gasteiger partial charge in [-0.25, -0.2) is 15.0 Å². The van der Waals surface area contributed by atoms with Gasteiger partial charge >= 0.3 is 0 Å². The van der Waals surface area contributed by atoms with E-state index in [1.807, 2.05) is 17.6 Å². The van der Waals surface area contributed by atoms with Gasteiger partial charge in [-0.05, 0) is 31.2 Å². The van der Waals surface area contributed by atoms with Gasteiger partial charge in [-0.3, -0.25) is 0 Å². The van der Waals surface area contributed by atoms with Gasteiger partial charge < -0.3 is 10.3 Å². The van der Waals surface area contributed by atoms with Gasteiger partial charge in [0.15, 0.2) is 0 Å². The SMILES string of the molecule is Cc1nccc(Cn2c(N)nc3ccc(C#N)cc32)n1. The number of nitrogen functional groups attached to an aromatic ring is 1. The first-order valence-corrected chi connectivity index (χ1v) is 6.12. The number of anilines is 1. The fourth-order valence-corrected chi connectivity index (χ4v) is 2.13. The van der Waals surface area contributed by atoms with E-state index in [0.717, 1.165) is 16.7 Å². The molecular formula is C14H12N6. The number of fused-ring (bicyclic) bond motifs is 1. The summed E-state index contributed by atoms with van der Waals surface area (Å²) in [5.41, 5.74) is 8.99. The molecule has 20 heavy (non-hydrogen) atoms. The lowest BCUT2D eigenvalue weighted by atomic mass is 10.2. The highest BCUT2D eigenvalue weighted by atomic mass is 15.2. The van der Waals surface area contributed by atoms with E-state index < -0.39 is 0 Å². The van der Waals surface area contributed by atoms with Crippen LogP contribution in [0.1, 0.15) is 17.1 Å². The number of nitriles is 1. The highest BCUT2D eigenvalue weighted by molar-refractivity contribution is 5.79. The molecule has 2 N–H and O–H groups in total. The van der Waals surface area contributed by atoms with Crippen LogP contribution in [0.3, 0.4) is 0 Å². The minimum Gasteiger partial charge on any atom is -0.369 e. The number of aryl methyl sites for hydroxylation is 1. The molecule has 0 unspecified atom stereocenters. The van der Waals surface area contributed by atoms with E-state index in [-0.39, 0.29) is 0 Å². The Morgan fingerprint density at radius 1 is 1.30 bits per heavy atom. The summed E-state index contributed by atoms with van der Waals surface area (Å²) in [7, 11) is 0. The van der Waals surface area contributed by atoms with E-state index in [2.05, 4.69) is 21.0 Å². The molecule has 6 nitrogen and oxygen atoms in total. The quantitative estimate of drug-likeness (QED) is 0.759. The van der Waals surface area contributed by atoms with Crippen molar-refractivity contribution in [3.05, 3.63) is 47.5 Å². The van der Waals surface area contributed by atoms with Crippen LogP contribution in [0.4, 0.5) is 5.95 Å². The minimum atomic E-state index is 0.409. The van der Waals surface area contributed by atoms with E-state index in [1.54, 1.807) is 24.4 Å². The predicted octanol–water partition coefficient (Wildman–Crippen LogP) is 1.64. The topological polar surface area (TPSA) is 93.4 Å². The summed E-state index contributed by atoms with van der Waals surface area (Å²) >= 11 is 0. The van der Waals surface area contributed by atoms with Crippen LogP contribution in [0.5, 0.6) is 0 Å². The third kappa shape index (κ3) is 2.06. The van der Waals surface area contributed by atoms with Gasteiger partial charge in [-0.1, -0.05) is 0 Å². The van der Waals surface area contributed by atoms with Crippen LogP contribution >= 0.6 is 0 Å². The Morgan fingerprint density at radius 2 is 2.15 bits per heavy atom. The highest BCUT2D eigenvalue weighted by Crippen LogP contribution is 2.20. The maximum atomic E-state index is 8.99. The number of rotatable bonds is 2. The first-order chi connectivity index (χ1) is 9.67. The van der Waals surface area contributed by atoms with Crippen molar-refractivity contribution in [1.29, 1.82) is 5.26 Å². The summed E-state index contributed by atoms with van der Waals surface area (Å²) in [6, 6.07) is 9.27. The van der Waals surface area contributed by atoms with E-state index in [0.29, 0.717) is 23.9 Å². The van der Waals surface area contributed by atoms with Crippen molar-refractivity contribution >= 4 is 17.0 Å². The molecule has 0 saturated heterocycles. The zero-order chi connectivity index (χ0) is 14.1. The first-order valence-electron chi connectivity index (χ1n) is 6.12. The molecular weight excluding hydrogens is 252 g/mol. The van der Waals surface area contributed by atoms with Crippen LogP contribution in [-0.2, 0) is 6.54 Å². The van der Waals surface area contributed by atoms with Crippen LogP contribution < -0.4 is 5.73 Å². The molecule has 0 spiro atoms. The monoisotopic (exact) mass is 264 g/mol. The smallest absolute Gasteiger partial charge is 0.201 e. The normalized spacial score (nSPS) is 10.6. The van der Waals surface area contributed by atoms with Crippen LogP contribution in [0, 0.1) is 18.3 Å². The summed E-state index contributed by atoms with van der Waals surface area (Å²) < 4.78 is 1.85. The molecule has 3 aromatic rings. The molecule has 0 aliphatic rings. The number of imidazole rings is 1. The van der Waals surface area contributed by atoms with Gasteiger partial charge in [0.05, 0.1) is 34.9 Å².